The first-order chi connectivity index (χ1) is 9.06. The molecule has 1 aromatic rings. The number of thiazole rings is 1. The minimum Gasteiger partial charge on any atom is -0.347 e. The van der Waals surface area contributed by atoms with Crippen LogP contribution >= 0.6 is 11.3 Å². The molecule has 1 aromatic heterocycles. The minimum atomic E-state index is 0.523. The number of hydrogen-bond acceptors (Lipinski definition) is 5. The smallest absolute Gasteiger partial charge is 0.185 e. The van der Waals surface area contributed by atoms with E-state index in [-0.39, 0.29) is 0 Å². The highest BCUT2D eigenvalue weighted by Crippen LogP contribution is 2.25. The molecule has 4 nitrogen and oxygen atoms in total. The van der Waals surface area contributed by atoms with E-state index in [2.05, 4.69) is 48.0 Å². The van der Waals surface area contributed by atoms with Crippen LogP contribution in [0.2, 0.25) is 0 Å². The van der Waals surface area contributed by atoms with Crippen molar-refractivity contribution in [3.63, 3.8) is 0 Å². The van der Waals surface area contributed by atoms with Gasteiger partial charge < -0.3 is 15.1 Å². The van der Waals surface area contributed by atoms with Gasteiger partial charge in [0, 0.05) is 43.3 Å². The summed E-state index contributed by atoms with van der Waals surface area (Å²) in [6.45, 7) is 7.65. The summed E-state index contributed by atoms with van der Waals surface area (Å²) in [4.78, 5) is 10.7. The molecule has 0 spiro atoms. The number of rotatable bonds is 5. The number of nitrogens with one attached hydrogen (secondary N) is 1. The zero-order chi connectivity index (χ0) is 13.8. The summed E-state index contributed by atoms with van der Waals surface area (Å²) < 4.78 is 0. The van der Waals surface area contributed by atoms with Crippen molar-refractivity contribution in [2.45, 2.75) is 45.3 Å². The summed E-state index contributed by atoms with van der Waals surface area (Å²) in [5, 5.41) is 4.60. The van der Waals surface area contributed by atoms with Crippen molar-refractivity contribution in [3.05, 3.63) is 11.1 Å². The fourth-order valence-electron chi connectivity index (χ4n) is 2.46. The number of aromatic nitrogens is 1. The summed E-state index contributed by atoms with van der Waals surface area (Å²) in [7, 11) is 4.39. The highest BCUT2D eigenvalue weighted by Gasteiger charge is 2.22. The van der Waals surface area contributed by atoms with Crippen LogP contribution in [0.5, 0.6) is 0 Å². The molecule has 1 N–H and O–H groups in total. The maximum absolute atomic E-state index is 4.58. The number of nitrogens with zero attached hydrogens (tertiary/aromatic N) is 3. The van der Waals surface area contributed by atoms with Crippen LogP contribution in [0.1, 0.15) is 31.6 Å². The van der Waals surface area contributed by atoms with Crippen LogP contribution in [-0.2, 0) is 6.54 Å². The highest BCUT2D eigenvalue weighted by molar-refractivity contribution is 7.15. The van der Waals surface area contributed by atoms with Gasteiger partial charge in [-0.3, -0.25) is 0 Å². The largest absolute Gasteiger partial charge is 0.347 e. The molecule has 0 saturated carbocycles. The Morgan fingerprint density at radius 3 is 3.05 bits per heavy atom. The molecule has 2 rings (SSSR count). The van der Waals surface area contributed by atoms with Crippen molar-refractivity contribution in [2.24, 2.45) is 0 Å². The molecule has 0 radical (unpaired) electrons. The molecular weight excluding hydrogens is 256 g/mol. The Labute approximate surface area is 120 Å². The normalized spacial score (nSPS) is 21.0. The van der Waals surface area contributed by atoms with Gasteiger partial charge in [0.15, 0.2) is 5.13 Å². The van der Waals surface area contributed by atoms with Crippen molar-refractivity contribution >= 4 is 16.5 Å². The lowest BCUT2D eigenvalue weighted by Gasteiger charge is -2.35. The van der Waals surface area contributed by atoms with Gasteiger partial charge in [-0.05, 0) is 26.4 Å². The van der Waals surface area contributed by atoms with Crippen LogP contribution in [0.4, 0.5) is 5.13 Å². The second-order valence-electron chi connectivity index (χ2n) is 5.81. The third kappa shape index (κ3) is 4.16. The van der Waals surface area contributed by atoms with E-state index < -0.39 is 0 Å². The van der Waals surface area contributed by atoms with Gasteiger partial charge in [-0.1, -0.05) is 13.8 Å². The summed E-state index contributed by atoms with van der Waals surface area (Å²) in [6, 6.07) is 1.13. The summed E-state index contributed by atoms with van der Waals surface area (Å²) in [6.07, 6.45) is 4.58. The predicted octanol–water partition coefficient (Wildman–Crippen LogP) is 2.17. The fourth-order valence-corrected chi connectivity index (χ4v) is 3.35. The number of anilines is 1. The Kier molecular flexibility index (Phi) is 5.19. The van der Waals surface area contributed by atoms with Crippen LogP contribution < -0.4 is 10.2 Å². The van der Waals surface area contributed by atoms with Crippen LogP contribution in [0.15, 0.2) is 6.20 Å². The van der Waals surface area contributed by atoms with Crippen molar-refractivity contribution in [2.75, 3.05) is 32.1 Å². The Hall–Kier alpha value is -0.650. The van der Waals surface area contributed by atoms with E-state index in [9.17, 15) is 0 Å². The van der Waals surface area contributed by atoms with Gasteiger partial charge in [-0.25, -0.2) is 4.98 Å². The molecule has 1 atom stereocenters. The Bertz CT molecular complexity index is 391. The molecule has 1 saturated heterocycles. The van der Waals surface area contributed by atoms with E-state index in [1.54, 1.807) is 0 Å². The average molecular weight is 282 g/mol. The van der Waals surface area contributed by atoms with Crippen molar-refractivity contribution in [3.8, 4) is 0 Å². The number of hydrogen-bond donors (Lipinski definition) is 1. The number of likely N-dealkylation sites (N-methyl/N-ethyl adjacent to an activating group) is 2. The molecule has 108 valence electrons. The van der Waals surface area contributed by atoms with Crippen LogP contribution in [0.3, 0.4) is 0 Å². The molecule has 0 bridgehead atoms. The second-order valence-corrected chi connectivity index (χ2v) is 6.91. The molecule has 5 heteroatoms. The first-order valence-electron chi connectivity index (χ1n) is 7.15. The van der Waals surface area contributed by atoms with E-state index in [0.29, 0.717) is 12.1 Å². The molecule has 0 aromatic carbocycles. The van der Waals surface area contributed by atoms with E-state index in [4.69, 9.17) is 0 Å². The van der Waals surface area contributed by atoms with E-state index in [1.165, 1.54) is 24.3 Å². The first kappa shape index (κ1) is 14.8. The topological polar surface area (TPSA) is 31.4 Å². The van der Waals surface area contributed by atoms with Gasteiger partial charge in [-0.2, -0.15) is 0 Å². The second kappa shape index (κ2) is 6.68. The predicted molar refractivity (Wildman–Crippen MR) is 83.0 cm³/mol. The Morgan fingerprint density at radius 1 is 1.58 bits per heavy atom. The third-order valence-corrected chi connectivity index (χ3v) is 4.76. The fraction of sp³-hybridized carbons (Fsp3) is 0.786. The van der Waals surface area contributed by atoms with Gasteiger partial charge in [0.05, 0.1) is 0 Å². The van der Waals surface area contributed by atoms with Crippen molar-refractivity contribution in [1.82, 2.24) is 15.2 Å². The molecule has 0 aliphatic carbocycles. The van der Waals surface area contributed by atoms with Crippen LogP contribution in [0, 0.1) is 0 Å². The summed E-state index contributed by atoms with van der Waals surface area (Å²) in [5.74, 6) is 0. The maximum atomic E-state index is 4.58. The molecular formula is C14H26N4S. The zero-order valence-corrected chi connectivity index (χ0v) is 13.3. The lowest BCUT2D eigenvalue weighted by atomic mass is 10.1. The Balaban J connectivity index is 1.93. The molecule has 19 heavy (non-hydrogen) atoms. The lowest BCUT2D eigenvalue weighted by molar-refractivity contribution is 0.248. The van der Waals surface area contributed by atoms with Crippen LogP contribution in [0.25, 0.3) is 0 Å². The van der Waals surface area contributed by atoms with Gasteiger partial charge in [0.25, 0.3) is 0 Å². The van der Waals surface area contributed by atoms with Crippen LogP contribution in [-0.4, -0.2) is 49.2 Å². The quantitative estimate of drug-likeness (QED) is 0.897. The molecule has 1 aliphatic heterocycles. The molecule has 1 aliphatic rings. The van der Waals surface area contributed by atoms with E-state index in [0.717, 1.165) is 18.2 Å². The van der Waals surface area contributed by atoms with Gasteiger partial charge >= 0.3 is 0 Å². The van der Waals surface area contributed by atoms with E-state index >= 15 is 0 Å². The molecule has 1 unspecified atom stereocenters. The SMILES string of the molecule is CC(C)NCc1cnc(N(C)C2CCCN(C)C2)s1. The van der Waals surface area contributed by atoms with Gasteiger partial charge in [-0.15, -0.1) is 11.3 Å². The standard InChI is InChI=1S/C14H26N4S/c1-11(2)15-8-13-9-16-14(19-13)18(4)12-6-5-7-17(3)10-12/h9,11-12,15H,5-8,10H2,1-4H3. The Morgan fingerprint density at radius 2 is 2.37 bits per heavy atom. The van der Waals surface area contributed by atoms with Crippen molar-refractivity contribution < 1.29 is 0 Å². The molecule has 1 fully saturated rings. The lowest BCUT2D eigenvalue weighted by Crippen LogP contribution is -2.45. The first-order valence-corrected chi connectivity index (χ1v) is 7.97. The van der Waals surface area contributed by atoms with Gasteiger partial charge in [0.1, 0.15) is 0 Å². The summed E-state index contributed by atoms with van der Waals surface area (Å²) >= 11 is 1.81. The highest BCUT2D eigenvalue weighted by atomic mass is 32.1. The third-order valence-electron chi connectivity index (χ3n) is 3.67. The van der Waals surface area contributed by atoms with E-state index in [1.807, 2.05) is 17.5 Å². The van der Waals surface area contributed by atoms with Crippen molar-refractivity contribution in [1.29, 1.82) is 0 Å². The number of piperidine rings is 1. The summed E-state index contributed by atoms with van der Waals surface area (Å²) in [5.41, 5.74) is 0. The monoisotopic (exact) mass is 282 g/mol. The molecule has 0 amide bonds. The minimum absolute atomic E-state index is 0.523. The number of likely N-dealkylation sites (tertiary alicyclic amines) is 1. The zero-order valence-electron chi connectivity index (χ0n) is 12.5. The maximum Gasteiger partial charge on any atom is 0.185 e. The molecule has 2 heterocycles. The van der Waals surface area contributed by atoms with Gasteiger partial charge in [0.2, 0.25) is 0 Å². The average Bonchev–Trinajstić information content (AvgIpc) is 2.84.